The maximum Gasteiger partial charge on any atom is 0.0713 e. The number of hydrogen-bond acceptors (Lipinski definition) is 1. The second-order valence-corrected chi connectivity index (χ2v) is 23.4. The highest BCUT2D eigenvalue weighted by atomic mass is 15.1. The van der Waals surface area contributed by atoms with Gasteiger partial charge in [-0.1, -0.05) is 299 Å². The lowest BCUT2D eigenvalue weighted by atomic mass is 9.67. The third kappa shape index (κ3) is 7.22. The Morgan fingerprint density at radius 1 is 0.214 bits per heavy atom. The summed E-state index contributed by atoms with van der Waals surface area (Å²) >= 11 is 0. The van der Waals surface area contributed by atoms with Crippen LogP contribution in [0.15, 0.2) is 322 Å². The average molecular weight is 1070 g/mol. The Labute approximate surface area is 493 Å². The van der Waals surface area contributed by atoms with Gasteiger partial charge in [0, 0.05) is 22.5 Å². The minimum Gasteiger partial charge on any atom is -0.310 e. The molecule has 0 radical (unpaired) electrons. The van der Waals surface area contributed by atoms with Crippen LogP contribution in [0, 0.1) is 0 Å². The molecule has 3 aliphatic rings. The first-order valence-electron chi connectivity index (χ1n) is 29.5. The van der Waals surface area contributed by atoms with E-state index in [4.69, 9.17) is 0 Å². The van der Waals surface area contributed by atoms with E-state index in [1.54, 1.807) is 0 Å². The van der Waals surface area contributed by atoms with E-state index in [2.05, 4.69) is 340 Å². The number of benzene rings is 13. The molecule has 0 N–H and O–H groups in total. The minimum absolute atomic E-state index is 0.0915. The lowest BCUT2D eigenvalue weighted by Gasteiger charge is -2.34. The van der Waals surface area contributed by atoms with Crippen LogP contribution in [0.2, 0.25) is 0 Å². The molecule has 0 aliphatic heterocycles. The molecule has 13 aromatic rings. The predicted octanol–water partition coefficient (Wildman–Crippen LogP) is 21.2. The first-order valence-corrected chi connectivity index (χ1v) is 29.5. The van der Waals surface area contributed by atoms with Crippen LogP contribution in [0.4, 0.5) is 17.1 Å². The summed E-state index contributed by atoms with van der Waals surface area (Å²) in [5, 5.41) is 0. The molecule has 0 aromatic heterocycles. The smallest absolute Gasteiger partial charge is 0.0713 e. The summed E-state index contributed by atoms with van der Waals surface area (Å²) < 4.78 is 0. The molecule has 0 unspecified atom stereocenters. The van der Waals surface area contributed by atoms with Crippen LogP contribution in [0.1, 0.15) is 69.5 Å². The van der Waals surface area contributed by atoms with Gasteiger partial charge >= 0.3 is 0 Å². The molecular weight excluding hydrogens is 1010 g/mol. The van der Waals surface area contributed by atoms with Gasteiger partial charge in [0.1, 0.15) is 0 Å². The van der Waals surface area contributed by atoms with Crippen LogP contribution in [0.25, 0.3) is 66.8 Å². The number of rotatable bonds is 10. The first-order chi connectivity index (χ1) is 41.5. The fraction of sp³-hybridized carbons (Fsp3) is 0.0602. The second kappa shape index (κ2) is 19.4. The highest BCUT2D eigenvalue weighted by Gasteiger charge is 2.48. The van der Waals surface area contributed by atoms with Crippen LogP contribution in [-0.2, 0) is 16.2 Å². The van der Waals surface area contributed by atoms with Crippen LogP contribution in [0.3, 0.4) is 0 Å². The molecule has 16 rings (SSSR count). The van der Waals surface area contributed by atoms with Gasteiger partial charge in [0.2, 0.25) is 0 Å². The van der Waals surface area contributed by atoms with Crippen LogP contribution in [0.5, 0.6) is 0 Å². The predicted molar refractivity (Wildman–Crippen MR) is 350 cm³/mol. The van der Waals surface area contributed by atoms with Crippen molar-refractivity contribution < 1.29 is 0 Å². The molecule has 0 amide bonds. The van der Waals surface area contributed by atoms with Gasteiger partial charge in [-0.2, -0.15) is 0 Å². The maximum atomic E-state index is 2.47. The average Bonchev–Trinajstić information content (AvgIpc) is 1.70. The normalized spacial score (nSPS) is 14.1. The van der Waals surface area contributed by atoms with Crippen molar-refractivity contribution in [2.45, 2.75) is 30.1 Å². The van der Waals surface area contributed by atoms with E-state index < -0.39 is 10.8 Å². The van der Waals surface area contributed by atoms with Gasteiger partial charge in [-0.15, -0.1) is 0 Å². The van der Waals surface area contributed by atoms with E-state index >= 15 is 0 Å². The number of hydrogen-bond donors (Lipinski definition) is 0. The first kappa shape index (κ1) is 49.5. The number of nitrogens with zero attached hydrogens (tertiary/aromatic N) is 1. The van der Waals surface area contributed by atoms with E-state index in [-0.39, 0.29) is 5.41 Å². The third-order valence-electron chi connectivity index (χ3n) is 18.8. The van der Waals surface area contributed by atoms with Crippen molar-refractivity contribution in [1.82, 2.24) is 0 Å². The fourth-order valence-electron chi connectivity index (χ4n) is 15.3. The zero-order valence-electron chi connectivity index (χ0n) is 47.0. The molecule has 0 saturated heterocycles. The van der Waals surface area contributed by atoms with E-state index in [1.165, 1.54) is 111 Å². The van der Waals surface area contributed by atoms with Gasteiger partial charge in [-0.3, -0.25) is 0 Å². The largest absolute Gasteiger partial charge is 0.310 e. The summed E-state index contributed by atoms with van der Waals surface area (Å²) in [6.07, 6.45) is 0. The maximum absolute atomic E-state index is 2.47. The molecule has 84 heavy (non-hydrogen) atoms. The van der Waals surface area contributed by atoms with Gasteiger partial charge in [-0.05, 0) is 159 Å². The highest BCUT2D eigenvalue weighted by Crippen LogP contribution is 2.61. The SMILES string of the molecule is CC1(C)c2ccccc2-c2c(-c3ccc(N(c4cccc(-c5cccc6c5-c5ccccc5C6(c5ccccc5)c5ccccc5)c4)c4cccc(-c5cccc6c5-c5ccccc5C6(c5ccccc5)c5ccccc5)c4)cc3)cccc21. The van der Waals surface area contributed by atoms with Crippen molar-refractivity contribution in [1.29, 1.82) is 0 Å². The van der Waals surface area contributed by atoms with Gasteiger partial charge < -0.3 is 4.90 Å². The minimum atomic E-state index is -0.507. The van der Waals surface area contributed by atoms with Crippen molar-refractivity contribution in [3.8, 4) is 66.8 Å². The van der Waals surface area contributed by atoms with Crippen molar-refractivity contribution in [2.24, 2.45) is 0 Å². The Balaban J connectivity index is 0.885. The summed E-state index contributed by atoms with van der Waals surface area (Å²) in [7, 11) is 0. The monoisotopic (exact) mass is 1070 g/mol. The summed E-state index contributed by atoms with van der Waals surface area (Å²) in [6, 6.07) is 120. The Morgan fingerprint density at radius 3 is 0.952 bits per heavy atom. The van der Waals surface area contributed by atoms with E-state index in [9.17, 15) is 0 Å². The van der Waals surface area contributed by atoms with Gasteiger partial charge in [-0.25, -0.2) is 0 Å². The molecule has 0 bridgehead atoms. The molecule has 0 saturated carbocycles. The lowest BCUT2D eigenvalue weighted by molar-refractivity contribution is 0.660. The molecule has 396 valence electrons. The molecule has 1 nitrogen and oxygen atoms in total. The van der Waals surface area contributed by atoms with E-state index in [1.807, 2.05) is 0 Å². The Kier molecular flexibility index (Phi) is 11.4. The molecular formula is C83H59N. The zero-order chi connectivity index (χ0) is 56.0. The molecule has 0 fully saturated rings. The Morgan fingerprint density at radius 2 is 0.524 bits per heavy atom. The van der Waals surface area contributed by atoms with Crippen molar-refractivity contribution in [2.75, 3.05) is 4.90 Å². The zero-order valence-corrected chi connectivity index (χ0v) is 47.0. The Hall–Kier alpha value is -10.3. The fourth-order valence-corrected chi connectivity index (χ4v) is 15.3. The van der Waals surface area contributed by atoms with Crippen molar-refractivity contribution >= 4 is 17.1 Å². The molecule has 3 aliphatic carbocycles. The van der Waals surface area contributed by atoms with Crippen LogP contribution < -0.4 is 4.90 Å². The lowest BCUT2D eigenvalue weighted by Crippen LogP contribution is -2.28. The molecule has 1 heteroatoms. The van der Waals surface area contributed by atoms with E-state index in [0.717, 1.165) is 28.2 Å². The van der Waals surface area contributed by atoms with Crippen molar-refractivity contribution in [3.05, 3.63) is 377 Å². The molecule has 0 atom stereocenters. The topological polar surface area (TPSA) is 3.24 Å². The Bertz CT molecular complexity index is 4370. The number of anilines is 3. The van der Waals surface area contributed by atoms with Gasteiger partial charge in [0.15, 0.2) is 0 Å². The summed E-state index contributed by atoms with van der Waals surface area (Å²) in [6.45, 7) is 4.73. The summed E-state index contributed by atoms with van der Waals surface area (Å²) in [5.41, 5.74) is 30.0. The highest BCUT2D eigenvalue weighted by molar-refractivity contribution is 5.99. The van der Waals surface area contributed by atoms with Gasteiger partial charge in [0.05, 0.1) is 10.8 Å². The van der Waals surface area contributed by atoms with Crippen LogP contribution in [-0.4, -0.2) is 0 Å². The summed E-state index contributed by atoms with van der Waals surface area (Å²) in [4.78, 5) is 2.47. The van der Waals surface area contributed by atoms with Crippen molar-refractivity contribution in [3.63, 3.8) is 0 Å². The number of fused-ring (bicyclic) bond motifs is 9. The summed E-state index contributed by atoms with van der Waals surface area (Å²) in [5.74, 6) is 0. The van der Waals surface area contributed by atoms with Gasteiger partial charge in [0.25, 0.3) is 0 Å². The molecule has 13 aromatic carbocycles. The molecule has 0 heterocycles. The molecule has 0 spiro atoms. The second-order valence-electron chi connectivity index (χ2n) is 23.4. The standard InChI is InChI=1S/C83H59N/c1-81(2)72-44-18-15-38-69(72)78-66(41-23-47-75(78)81)56-50-52-63(53-51-56)84(64-36-21-26-57(54-64)67-42-24-48-76-79(67)70-39-16-19-45-73(70)82(76,59-28-7-3-8-29-59)60-30-9-4-10-31-60)65-37-22-27-58(55-65)68-43-25-49-77-80(68)71-40-17-20-46-74(71)83(77,61-32-11-5-12-33-61)62-34-13-6-14-35-62/h3-55H,1-2H3. The third-order valence-corrected chi connectivity index (χ3v) is 18.8. The van der Waals surface area contributed by atoms with Crippen LogP contribution >= 0.6 is 0 Å². The quantitative estimate of drug-likeness (QED) is 0.132. The van der Waals surface area contributed by atoms with E-state index in [0.29, 0.717) is 0 Å².